The number of aryl methyl sites for hydroxylation is 3. The van der Waals surface area contributed by atoms with Crippen molar-refractivity contribution in [3.05, 3.63) is 55.3 Å². The van der Waals surface area contributed by atoms with Gasteiger partial charge in [-0.1, -0.05) is 32.9 Å². The zero-order chi connectivity index (χ0) is 24.6. The second-order valence-electron chi connectivity index (χ2n) is 10.1. The summed E-state index contributed by atoms with van der Waals surface area (Å²) in [7, 11) is 0. The number of ketones is 2. The molecule has 2 aromatic rings. The molecule has 33 heavy (non-hydrogen) atoms. The Bertz CT molecular complexity index is 1060. The van der Waals surface area contributed by atoms with Gasteiger partial charge in [-0.15, -0.1) is 11.3 Å². The fourth-order valence-corrected chi connectivity index (χ4v) is 6.10. The summed E-state index contributed by atoms with van der Waals surface area (Å²) in [5.74, 6) is -0.0326. The molecule has 0 radical (unpaired) electrons. The monoisotopic (exact) mass is 478 g/mol. The number of benzene rings is 1. The first-order valence-electron chi connectivity index (χ1n) is 11.7. The van der Waals surface area contributed by atoms with E-state index in [1.54, 1.807) is 6.92 Å². The van der Waals surface area contributed by atoms with Crippen molar-refractivity contribution in [2.45, 2.75) is 92.2 Å². The lowest BCUT2D eigenvalue weighted by molar-refractivity contribution is -0.135. The molecule has 1 aromatic carbocycles. The predicted octanol–water partition coefficient (Wildman–Crippen LogP) is 7.49. The van der Waals surface area contributed by atoms with Crippen LogP contribution in [-0.2, 0) is 43.1 Å². The van der Waals surface area contributed by atoms with E-state index in [1.165, 1.54) is 11.1 Å². The van der Waals surface area contributed by atoms with Gasteiger partial charge in [0.2, 0.25) is 0 Å². The lowest BCUT2D eigenvalue weighted by Gasteiger charge is -2.30. The van der Waals surface area contributed by atoms with Crippen LogP contribution in [0.25, 0.3) is 0 Å². The number of hydrogen-bond donors (Lipinski definition) is 0. The SMILES string of the molecule is CCc1cc(CCC(=O)c2sc(C(F)(F)F)c3c2CCC(C)(C)C3)cc(C)c1CCC(C)=O. The highest BCUT2D eigenvalue weighted by Gasteiger charge is 2.42. The molecule has 0 amide bonds. The molecular formula is C27H33F3O2S. The van der Waals surface area contributed by atoms with Gasteiger partial charge in [-0.2, -0.15) is 13.2 Å². The van der Waals surface area contributed by atoms with Crippen molar-refractivity contribution in [3.8, 4) is 0 Å². The topological polar surface area (TPSA) is 34.1 Å². The number of carbonyl (C=O) groups excluding carboxylic acids is 2. The molecule has 0 fully saturated rings. The van der Waals surface area contributed by atoms with Crippen LogP contribution in [0.1, 0.15) is 94.9 Å². The standard InChI is InChI=1S/C27H33F3O2S/c1-6-19-14-18(13-16(2)20(19)9-7-17(3)31)8-10-23(32)24-21-11-12-26(4,5)15-22(21)25(33-24)27(28,29)30/h13-14H,6-12,15H2,1-5H3. The van der Waals surface area contributed by atoms with Gasteiger partial charge in [0.1, 0.15) is 10.7 Å². The van der Waals surface area contributed by atoms with E-state index in [0.29, 0.717) is 59.4 Å². The highest BCUT2D eigenvalue weighted by atomic mass is 32.1. The maximum absolute atomic E-state index is 13.7. The van der Waals surface area contributed by atoms with Crippen LogP contribution in [0.4, 0.5) is 13.2 Å². The van der Waals surface area contributed by atoms with Crippen molar-refractivity contribution in [3.63, 3.8) is 0 Å². The Morgan fingerprint density at radius 1 is 1.09 bits per heavy atom. The van der Waals surface area contributed by atoms with Crippen molar-refractivity contribution in [2.24, 2.45) is 5.41 Å². The van der Waals surface area contributed by atoms with Gasteiger partial charge >= 0.3 is 6.18 Å². The van der Waals surface area contributed by atoms with Gasteiger partial charge in [0.05, 0.1) is 4.88 Å². The van der Waals surface area contributed by atoms with Crippen LogP contribution < -0.4 is 0 Å². The fraction of sp³-hybridized carbons (Fsp3) is 0.556. The second kappa shape index (κ2) is 9.73. The van der Waals surface area contributed by atoms with E-state index in [9.17, 15) is 22.8 Å². The summed E-state index contributed by atoms with van der Waals surface area (Å²) in [5.41, 5.74) is 5.26. The van der Waals surface area contributed by atoms with E-state index in [0.717, 1.165) is 24.0 Å². The third kappa shape index (κ3) is 5.95. The van der Waals surface area contributed by atoms with E-state index in [2.05, 4.69) is 19.1 Å². The number of rotatable bonds is 8. The van der Waals surface area contributed by atoms with Crippen LogP contribution >= 0.6 is 11.3 Å². The molecule has 0 bridgehead atoms. The highest BCUT2D eigenvalue weighted by molar-refractivity contribution is 7.14. The summed E-state index contributed by atoms with van der Waals surface area (Å²) in [6, 6.07) is 4.14. The lowest BCUT2D eigenvalue weighted by atomic mass is 9.74. The minimum Gasteiger partial charge on any atom is -0.300 e. The molecule has 1 aliphatic rings. The number of alkyl halides is 3. The number of hydrogen-bond acceptors (Lipinski definition) is 3. The van der Waals surface area contributed by atoms with Crippen LogP contribution in [0, 0.1) is 12.3 Å². The predicted molar refractivity (Wildman–Crippen MR) is 127 cm³/mol. The third-order valence-corrected chi connectivity index (χ3v) is 8.07. The summed E-state index contributed by atoms with van der Waals surface area (Å²) < 4.78 is 41.1. The number of halogens is 3. The smallest absolute Gasteiger partial charge is 0.300 e. The molecule has 0 saturated carbocycles. The Labute approximate surface area is 198 Å². The summed E-state index contributed by atoms with van der Waals surface area (Å²) in [5, 5.41) is 0. The average Bonchev–Trinajstić information content (AvgIpc) is 3.08. The second-order valence-corrected chi connectivity index (χ2v) is 11.1. The molecule has 0 atom stereocenters. The Morgan fingerprint density at radius 3 is 2.39 bits per heavy atom. The molecule has 0 unspecified atom stereocenters. The van der Waals surface area contributed by atoms with Crippen molar-refractivity contribution >= 4 is 22.9 Å². The average molecular weight is 479 g/mol. The largest absolute Gasteiger partial charge is 0.425 e. The van der Waals surface area contributed by atoms with E-state index in [1.807, 2.05) is 20.8 Å². The normalized spacial score (nSPS) is 15.4. The molecule has 0 N–H and O–H groups in total. The molecule has 0 aliphatic heterocycles. The van der Waals surface area contributed by atoms with Gasteiger partial charge in [-0.05, 0) is 91.2 Å². The first kappa shape index (κ1) is 25.7. The third-order valence-electron chi connectivity index (χ3n) is 6.71. The van der Waals surface area contributed by atoms with Crippen LogP contribution in [0.5, 0.6) is 0 Å². The van der Waals surface area contributed by atoms with Crippen LogP contribution in [0.15, 0.2) is 12.1 Å². The Balaban J connectivity index is 1.82. The van der Waals surface area contributed by atoms with Gasteiger partial charge in [0.25, 0.3) is 0 Å². The molecule has 180 valence electrons. The minimum absolute atomic E-state index is 0.159. The van der Waals surface area contributed by atoms with Gasteiger partial charge in [0, 0.05) is 12.8 Å². The van der Waals surface area contributed by atoms with Gasteiger partial charge < -0.3 is 4.79 Å². The molecule has 1 aromatic heterocycles. The molecule has 6 heteroatoms. The van der Waals surface area contributed by atoms with Gasteiger partial charge in [-0.3, -0.25) is 4.79 Å². The lowest BCUT2D eigenvalue weighted by Crippen LogP contribution is -2.24. The Hall–Kier alpha value is -1.95. The molecule has 3 rings (SSSR count). The van der Waals surface area contributed by atoms with Crippen molar-refractivity contribution in [1.29, 1.82) is 0 Å². The Kier molecular flexibility index (Phi) is 7.57. The Morgan fingerprint density at radius 2 is 1.79 bits per heavy atom. The molecule has 2 nitrogen and oxygen atoms in total. The van der Waals surface area contributed by atoms with E-state index in [4.69, 9.17) is 0 Å². The molecule has 1 aliphatic carbocycles. The van der Waals surface area contributed by atoms with Crippen LogP contribution in [-0.4, -0.2) is 11.6 Å². The number of thiophene rings is 1. The van der Waals surface area contributed by atoms with Crippen LogP contribution in [0.3, 0.4) is 0 Å². The molecule has 1 heterocycles. The van der Waals surface area contributed by atoms with E-state index >= 15 is 0 Å². The zero-order valence-electron chi connectivity index (χ0n) is 20.2. The summed E-state index contributed by atoms with van der Waals surface area (Å²) in [6.07, 6.45) is -0.00349. The number of fused-ring (bicyclic) bond motifs is 1. The molecular weight excluding hydrogens is 445 g/mol. The minimum atomic E-state index is -4.43. The maximum atomic E-state index is 13.7. The van der Waals surface area contributed by atoms with Crippen LogP contribution in [0.2, 0.25) is 0 Å². The number of carbonyl (C=O) groups is 2. The summed E-state index contributed by atoms with van der Waals surface area (Å²) >= 11 is 0.642. The van der Waals surface area contributed by atoms with Crippen molar-refractivity contribution in [2.75, 3.05) is 0 Å². The van der Waals surface area contributed by atoms with E-state index in [-0.39, 0.29) is 23.4 Å². The summed E-state index contributed by atoms with van der Waals surface area (Å²) in [6.45, 7) is 9.66. The zero-order valence-corrected chi connectivity index (χ0v) is 21.0. The first-order chi connectivity index (χ1) is 15.3. The van der Waals surface area contributed by atoms with Crippen molar-refractivity contribution in [1.82, 2.24) is 0 Å². The maximum Gasteiger partial charge on any atom is 0.425 e. The van der Waals surface area contributed by atoms with Crippen molar-refractivity contribution < 1.29 is 22.8 Å². The van der Waals surface area contributed by atoms with Gasteiger partial charge in [0.15, 0.2) is 5.78 Å². The quantitative estimate of drug-likeness (QED) is 0.368. The van der Waals surface area contributed by atoms with E-state index < -0.39 is 11.1 Å². The number of Topliss-reactive ketones (excluding diaryl/α,β-unsaturated/α-hetero) is 2. The summed E-state index contributed by atoms with van der Waals surface area (Å²) in [4.78, 5) is 24.2. The molecule has 0 saturated heterocycles. The highest BCUT2D eigenvalue weighted by Crippen LogP contribution is 2.47. The van der Waals surface area contributed by atoms with Gasteiger partial charge in [-0.25, -0.2) is 0 Å². The fourth-order valence-electron chi connectivity index (χ4n) is 4.90. The first-order valence-corrected chi connectivity index (χ1v) is 12.5. The molecule has 0 spiro atoms.